The van der Waals surface area contributed by atoms with Gasteiger partial charge in [-0.1, -0.05) is 6.92 Å². The molecule has 2 unspecified atom stereocenters. The van der Waals surface area contributed by atoms with Gasteiger partial charge in [0.2, 0.25) is 0 Å². The van der Waals surface area contributed by atoms with Crippen LogP contribution in [-0.4, -0.2) is 0 Å². The summed E-state index contributed by atoms with van der Waals surface area (Å²) in [6, 6.07) is 0. The lowest BCUT2D eigenvalue weighted by molar-refractivity contribution is 0.160. The Morgan fingerprint density at radius 2 is 1.55 bits per heavy atom. The summed E-state index contributed by atoms with van der Waals surface area (Å²) in [6.45, 7) is 4.79. The van der Waals surface area contributed by atoms with E-state index in [4.69, 9.17) is 0 Å². The lowest BCUT2D eigenvalue weighted by Crippen LogP contribution is -2.28. The van der Waals surface area contributed by atoms with Crippen molar-refractivity contribution in [2.45, 2.75) is 46.0 Å². The predicted octanol–water partition coefficient (Wildman–Crippen LogP) is 3.43. The van der Waals surface area contributed by atoms with Gasteiger partial charge in [-0.05, 0) is 37.0 Å². The smallest absolute Gasteiger partial charge is 0.0625 e. The molecule has 0 nitrogen and oxygen atoms in total. The Morgan fingerprint density at radius 3 is 2.09 bits per heavy atom. The van der Waals surface area contributed by atoms with Crippen molar-refractivity contribution in [1.82, 2.24) is 0 Å². The molecule has 2 aliphatic carbocycles. The van der Waals surface area contributed by atoms with Crippen molar-refractivity contribution in [3.8, 4) is 0 Å². The molecule has 2 aliphatic rings. The maximum Gasteiger partial charge on any atom is 0.0925 e. The average molecular weight is 151 g/mol. The van der Waals surface area contributed by atoms with E-state index in [1.54, 1.807) is 12.3 Å². The van der Waals surface area contributed by atoms with Gasteiger partial charge in [0.05, 0.1) is 25.7 Å². The first-order valence-corrected chi connectivity index (χ1v) is 5.05. The predicted molar refractivity (Wildman–Crippen MR) is 48.1 cm³/mol. The highest BCUT2D eigenvalue weighted by molar-refractivity contribution is 4.97. The molecule has 0 N–H and O–H groups in total. The molecule has 2 bridgehead atoms. The molecule has 0 heterocycles. The fraction of sp³-hybridized carbons (Fsp3) is 0.909. The lowest BCUT2D eigenvalue weighted by Gasteiger charge is -2.35. The Bertz CT molecular complexity index is 105. The van der Waals surface area contributed by atoms with Crippen molar-refractivity contribution in [3.63, 3.8) is 0 Å². The molecule has 11 heavy (non-hydrogen) atoms. The third-order valence-electron chi connectivity index (χ3n) is 3.41. The van der Waals surface area contributed by atoms with Crippen LogP contribution in [0.3, 0.4) is 0 Å². The van der Waals surface area contributed by atoms with Gasteiger partial charge in [-0.3, -0.25) is 0 Å². The topological polar surface area (TPSA) is 0 Å². The van der Waals surface area contributed by atoms with E-state index in [1.165, 1.54) is 25.7 Å². The fourth-order valence-corrected chi connectivity index (χ4v) is 3.30. The zero-order chi connectivity index (χ0) is 7.84. The first-order chi connectivity index (χ1) is 5.24. The van der Waals surface area contributed by atoms with Gasteiger partial charge in [0.25, 0.3) is 0 Å². The van der Waals surface area contributed by atoms with E-state index in [2.05, 4.69) is 13.8 Å². The third kappa shape index (κ3) is 1.55. The molecular weight excluding hydrogens is 132 g/mol. The molecule has 0 spiro atoms. The molecule has 2 saturated carbocycles. The van der Waals surface area contributed by atoms with Gasteiger partial charge < -0.3 is 0 Å². The van der Waals surface area contributed by atoms with E-state index in [0.717, 1.165) is 17.8 Å². The van der Waals surface area contributed by atoms with Crippen molar-refractivity contribution in [2.75, 3.05) is 0 Å². The molecule has 2 atom stereocenters. The van der Waals surface area contributed by atoms with Crippen LogP contribution < -0.4 is 0 Å². The van der Waals surface area contributed by atoms with E-state index in [1.807, 2.05) is 0 Å². The summed E-state index contributed by atoms with van der Waals surface area (Å²) in [4.78, 5) is 0. The highest BCUT2D eigenvalue weighted by Gasteiger charge is 2.38. The molecule has 2 rings (SSSR count). The second kappa shape index (κ2) is 2.73. The summed E-state index contributed by atoms with van der Waals surface area (Å²) in [6.07, 6.45) is 7.45. The molecule has 0 heteroatoms. The highest BCUT2D eigenvalue weighted by atomic mass is 14.4. The normalized spacial score (nSPS) is 44.2. The zero-order valence-corrected chi connectivity index (χ0v) is 7.77. The Labute approximate surface area is 70.4 Å². The van der Waals surface area contributed by atoms with Crippen LogP contribution in [0.15, 0.2) is 0 Å². The Kier molecular flexibility index (Phi) is 1.86. The maximum absolute atomic E-state index is 2.43. The van der Waals surface area contributed by atoms with E-state index in [9.17, 15) is 0 Å². The Hall–Kier alpha value is -0.130. The summed E-state index contributed by atoms with van der Waals surface area (Å²) in [5.74, 6) is 4.93. The summed E-state index contributed by atoms with van der Waals surface area (Å²) >= 11 is 0. The van der Waals surface area contributed by atoms with Gasteiger partial charge in [0.1, 0.15) is 0 Å². The molecule has 62 valence electrons. The van der Waals surface area contributed by atoms with Crippen LogP contribution in [-0.2, 0) is 0 Å². The molecule has 0 aromatic heterocycles. The number of rotatable bonds is 0. The van der Waals surface area contributed by atoms with E-state index < -0.39 is 0 Å². The lowest BCUT2D eigenvalue weighted by atomic mass is 9.65. The quantitative estimate of drug-likeness (QED) is 0.465. The molecule has 2 fully saturated rings. The van der Waals surface area contributed by atoms with Gasteiger partial charge in [0.15, 0.2) is 0 Å². The van der Waals surface area contributed by atoms with Crippen LogP contribution in [0.25, 0.3) is 0 Å². The zero-order valence-electron chi connectivity index (χ0n) is 7.77. The molecule has 0 radical (unpaired) electrons. The minimum atomic E-state index is 1.02. The van der Waals surface area contributed by atoms with Gasteiger partial charge in [-0.25, -0.2) is 0 Å². The SMILES string of the molecule is C[C+]1CC2CC(C)CC(C1)C2. The summed E-state index contributed by atoms with van der Waals surface area (Å²) in [5.41, 5.74) is 0. The first-order valence-electron chi connectivity index (χ1n) is 5.05. The van der Waals surface area contributed by atoms with Crippen molar-refractivity contribution in [3.05, 3.63) is 5.92 Å². The minimum absolute atomic E-state index is 1.02. The van der Waals surface area contributed by atoms with Gasteiger partial charge in [-0.2, -0.15) is 0 Å². The first kappa shape index (κ1) is 7.52. The summed E-state index contributed by atoms with van der Waals surface area (Å²) < 4.78 is 0. The van der Waals surface area contributed by atoms with Crippen LogP contribution in [0.4, 0.5) is 0 Å². The monoisotopic (exact) mass is 151 g/mol. The van der Waals surface area contributed by atoms with Crippen molar-refractivity contribution in [2.24, 2.45) is 17.8 Å². The number of hydrogen-bond donors (Lipinski definition) is 0. The number of fused-ring (bicyclic) bond motifs is 2. The summed E-state index contributed by atoms with van der Waals surface area (Å²) in [7, 11) is 0. The van der Waals surface area contributed by atoms with Gasteiger partial charge in [0, 0.05) is 0 Å². The largest absolute Gasteiger partial charge is 0.0925 e. The van der Waals surface area contributed by atoms with Crippen LogP contribution >= 0.6 is 0 Å². The number of hydrogen-bond acceptors (Lipinski definition) is 0. The molecule has 0 aliphatic heterocycles. The van der Waals surface area contributed by atoms with Crippen LogP contribution in [0.2, 0.25) is 0 Å². The maximum atomic E-state index is 2.43. The second-order valence-corrected chi connectivity index (χ2v) is 4.91. The molecule has 0 saturated heterocycles. The average Bonchev–Trinajstić information content (AvgIpc) is 1.82. The van der Waals surface area contributed by atoms with E-state index in [-0.39, 0.29) is 0 Å². The van der Waals surface area contributed by atoms with Crippen LogP contribution in [0, 0.1) is 23.7 Å². The van der Waals surface area contributed by atoms with Crippen LogP contribution in [0.5, 0.6) is 0 Å². The molecule has 0 aromatic rings. The summed E-state index contributed by atoms with van der Waals surface area (Å²) in [5, 5.41) is 0. The Morgan fingerprint density at radius 1 is 1.00 bits per heavy atom. The van der Waals surface area contributed by atoms with E-state index in [0.29, 0.717) is 0 Å². The highest BCUT2D eigenvalue weighted by Crippen LogP contribution is 2.45. The Balaban J connectivity index is 2.00. The van der Waals surface area contributed by atoms with Gasteiger partial charge >= 0.3 is 0 Å². The molecular formula is C11H19+. The van der Waals surface area contributed by atoms with Crippen LogP contribution in [0.1, 0.15) is 46.0 Å². The van der Waals surface area contributed by atoms with E-state index >= 15 is 0 Å². The molecule has 0 amide bonds. The minimum Gasteiger partial charge on any atom is -0.0625 e. The van der Waals surface area contributed by atoms with Crippen molar-refractivity contribution in [1.29, 1.82) is 0 Å². The third-order valence-corrected chi connectivity index (χ3v) is 3.41. The molecule has 0 aromatic carbocycles. The van der Waals surface area contributed by atoms with Crippen molar-refractivity contribution >= 4 is 0 Å². The standard InChI is InChI=1S/C11H19/c1-8-3-10-5-9(2)6-11(4-8)7-10/h8,10-11H,3-7H2,1-2H3/q+1. The van der Waals surface area contributed by atoms with Crippen molar-refractivity contribution < 1.29 is 0 Å². The second-order valence-electron chi connectivity index (χ2n) is 4.91. The fourth-order valence-electron chi connectivity index (χ4n) is 3.30. The van der Waals surface area contributed by atoms with Gasteiger partial charge in [-0.15, -0.1) is 0 Å².